The predicted molar refractivity (Wildman–Crippen MR) is 55.1 cm³/mol. The lowest BCUT2D eigenvalue weighted by atomic mass is 10.3. The topological polar surface area (TPSA) is 44.2 Å². The van der Waals surface area contributed by atoms with Gasteiger partial charge in [0, 0.05) is 12.3 Å². The highest BCUT2D eigenvalue weighted by Crippen LogP contribution is 2.42. The van der Waals surface area contributed by atoms with E-state index in [1.807, 2.05) is 0 Å². The molecule has 0 saturated carbocycles. The quantitative estimate of drug-likeness (QED) is 0.657. The standard InChI is InChI=1S/C10H4F12N2O2/c11-4(12)7(15,9(17,18)19)25-3-1-2-23-6(24-3)26-8(16,5(13)14)10(20,21)22/h1-2,4-5H. The summed E-state index contributed by atoms with van der Waals surface area (Å²) in [5, 5.41) is 0. The Kier molecular flexibility index (Phi) is 5.78. The Labute approximate surface area is 134 Å². The maximum absolute atomic E-state index is 13.3. The van der Waals surface area contributed by atoms with Crippen molar-refractivity contribution < 1.29 is 62.2 Å². The van der Waals surface area contributed by atoms with E-state index in [-0.39, 0.29) is 12.3 Å². The molecular formula is C10H4F12N2O2. The Morgan fingerprint density at radius 1 is 0.731 bits per heavy atom. The van der Waals surface area contributed by atoms with Gasteiger partial charge in [-0.1, -0.05) is 0 Å². The third kappa shape index (κ3) is 4.14. The molecule has 26 heavy (non-hydrogen) atoms. The van der Waals surface area contributed by atoms with Crippen molar-refractivity contribution in [1.29, 1.82) is 0 Å². The van der Waals surface area contributed by atoms with Crippen LogP contribution in [0.3, 0.4) is 0 Å². The van der Waals surface area contributed by atoms with Gasteiger partial charge in [0.2, 0.25) is 5.88 Å². The lowest BCUT2D eigenvalue weighted by molar-refractivity contribution is -0.343. The third-order valence-corrected chi connectivity index (χ3v) is 2.44. The van der Waals surface area contributed by atoms with Crippen LogP contribution in [0, 0.1) is 0 Å². The van der Waals surface area contributed by atoms with Gasteiger partial charge in [0.15, 0.2) is 0 Å². The van der Waals surface area contributed by atoms with Crippen LogP contribution in [0.25, 0.3) is 0 Å². The van der Waals surface area contributed by atoms with Crippen molar-refractivity contribution in [2.45, 2.75) is 36.9 Å². The molecule has 1 rings (SSSR count). The number of alkyl halides is 12. The molecule has 0 bridgehead atoms. The molecule has 0 aliphatic heterocycles. The van der Waals surface area contributed by atoms with Gasteiger partial charge in [-0.05, 0) is 0 Å². The van der Waals surface area contributed by atoms with Crippen LogP contribution in [-0.2, 0) is 0 Å². The summed E-state index contributed by atoms with van der Waals surface area (Å²) in [6.07, 6.45) is -22.2. The minimum atomic E-state index is -6.35. The molecule has 0 saturated heterocycles. The van der Waals surface area contributed by atoms with E-state index in [0.717, 1.165) is 0 Å². The van der Waals surface area contributed by atoms with Crippen molar-refractivity contribution >= 4 is 0 Å². The van der Waals surface area contributed by atoms with Gasteiger partial charge in [0.1, 0.15) is 0 Å². The summed E-state index contributed by atoms with van der Waals surface area (Å²) in [6, 6.07) is -1.84. The first-order chi connectivity index (χ1) is 11.5. The largest absolute Gasteiger partial charge is 0.466 e. The molecule has 0 N–H and O–H groups in total. The number of nitrogens with zero attached hydrogens (tertiary/aromatic N) is 2. The zero-order chi connectivity index (χ0) is 20.6. The molecule has 0 aliphatic carbocycles. The second-order valence-electron chi connectivity index (χ2n) is 4.27. The Hall–Kier alpha value is -2.16. The lowest BCUT2D eigenvalue weighted by Crippen LogP contribution is -2.53. The van der Waals surface area contributed by atoms with E-state index in [4.69, 9.17) is 0 Å². The van der Waals surface area contributed by atoms with Gasteiger partial charge in [-0.2, -0.15) is 40.1 Å². The van der Waals surface area contributed by atoms with E-state index in [2.05, 4.69) is 19.4 Å². The molecule has 0 aromatic carbocycles. The first kappa shape index (κ1) is 21.9. The normalized spacial score (nSPS) is 17.8. The first-order valence-electron chi connectivity index (χ1n) is 5.83. The molecular weight excluding hydrogens is 408 g/mol. The molecule has 4 nitrogen and oxygen atoms in total. The Morgan fingerprint density at radius 3 is 1.54 bits per heavy atom. The Bertz CT molecular complexity index is 572. The number of ether oxygens (including phenoxy) is 2. The lowest BCUT2D eigenvalue weighted by Gasteiger charge is -2.28. The molecule has 0 fully saturated rings. The van der Waals surface area contributed by atoms with Gasteiger partial charge in [-0.15, -0.1) is 0 Å². The van der Waals surface area contributed by atoms with Crippen LogP contribution in [0.5, 0.6) is 11.9 Å². The van der Waals surface area contributed by atoms with Gasteiger partial charge in [0.05, 0.1) is 0 Å². The molecule has 0 amide bonds. The van der Waals surface area contributed by atoms with Crippen LogP contribution >= 0.6 is 0 Å². The summed E-state index contributed by atoms with van der Waals surface area (Å²) < 4.78 is 156. The molecule has 1 aromatic heterocycles. The van der Waals surface area contributed by atoms with Crippen molar-refractivity contribution in [1.82, 2.24) is 9.97 Å². The minimum Gasteiger partial charge on any atom is -0.428 e. The average molecular weight is 412 g/mol. The van der Waals surface area contributed by atoms with Gasteiger partial charge in [0.25, 0.3) is 0 Å². The Balaban J connectivity index is 3.20. The number of hydrogen-bond acceptors (Lipinski definition) is 4. The van der Waals surface area contributed by atoms with Crippen molar-refractivity contribution in [2.75, 3.05) is 0 Å². The van der Waals surface area contributed by atoms with E-state index in [9.17, 15) is 52.7 Å². The second kappa shape index (κ2) is 6.86. The molecule has 150 valence electrons. The number of halogens is 12. The summed E-state index contributed by atoms with van der Waals surface area (Å²) in [5.74, 6) is -13.1. The van der Waals surface area contributed by atoms with Crippen molar-refractivity contribution in [3.63, 3.8) is 0 Å². The third-order valence-electron chi connectivity index (χ3n) is 2.44. The number of rotatable bonds is 6. The van der Waals surface area contributed by atoms with Crippen LogP contribution in [0.1, 0.15) is 0 Å². The van der Waals surface area contributed by atoms with Crippen LogP contribution in [0.2, 0.25) is 0 Å². The van der Waals surface area contributed by atoms with Crippen LogP contribution in [0.15, 0.2) is 12.3 Å². The van der Waals surface area contributed by atoms with E-state index in [1.54, 1.807) is 0 Å². The predicted octanol–water partition coefficient (Wildman–Crippen LogP) is 4.22. The fourth-order valence-corrected chi connectivity index (χ4v) is 1.17. The smallest absolute Gasteiger partial charge is 0.428 e. The van der Waals surface area contributed by atoms with Gasteiger partial charge < -0.3 is 9.47 Å². The summed E-state index contributed by atoms with van der Waals surface area (Å²) in [6.45, 7) is 0. The van der Waals surface area contributed by atoms with Gasteiger partial charge in [-0.3, -0.25) is 0 Å². The monoisotopic (exact) mass is 412 g/mol. The molecule has 0 radical (unpaired) electrons. The molecule has 0 spiro atoms. The highest BCUT2D eigenvalue weighted by molar-refractivity contribution is 5.13. The maximum Gasteiger partial charge on any atom is 0.466 e. The van der Waals surface area contributed by atoms with Gasteiger partial charge >= 0.3 is 42.9 Å². The number of hydrogen-bond donors (Lipinski definition) is 0. The highest BCUT2D eigenvalue weighted by Gasteiger charge is 2.67. The van der Waals surface area contributed by atoms with Crippen LogP contribution in [-0.4, -0.2) is 46.9 Å². The molecule has 2 atom stereocenters. The number of aromatic nitrogens is 2. The molecule has 2 unspecified atom stereocenters. The Morgan fingerprint density at radius 2 is 1.15 bits per heavy atom. The second-order valence-corrected chi connectivity index (χ2v) is 4.27. The zero-order valence-corrected chi connectivity index (χ0v) is 11.6. The van der Waals surface area contributed by atoms with Crippen molar-refractivity contribution in [3.8, 4) is 11.9 Å². The summed E-state index contributed by atoms with van der Waals surface area (Å²) in [7, 11) is 0. The van der Waals surface area contributed by atoms with E-state index in [1.165, 1.54) is 0 Å². The summed E-state index contributed by atoms with van der Waals surface area (Å²) in [5.41, 5.74) is 0. The SMILES string of the molecule is FC(F)C(F)(Oc1ccnc(OC(F)(C(F)F)C(F)(F)F)n1)C(F)(F)F. The van der Waals surface area contributed by atoms with E-state index < -0.39 is 48.8 Å². The summed E-state index contributed by atoms with van der Waals surface area (Å²) >= 11 is 0. The van der Waals surface area contributed by atoms with Crippen LogP contribution < -0.4 is 9.47 Å². The first-order valence-corrected chi connectivity index (χ1v) is 5.83. The van der Waals surface area contributed by atoms with Gasteiger partial charge in [-0.25, -0.2) is 22.5 Å². The minimum absolute atomic E-state index is 0.144. The molecule has 0 aliphatic rings. The zero-order valence-electron chi connectivity index (χ0n) is 11.6. The molecule has 1 heterocycles. The van der Waals surface area contributed by atoms with Crippen molar-refractivity contribution in [3.05, 3.63) is 12.3 Å². The fraction of sp³-hybridized carbons (Fsp3) is 0.600. The maximum atomic E-state index is 13.3. The average Bonchev–Trinajstić information content (AvgIpc) is 2.44. The highest BCUT2D eigenvalue weighted by atomic mass is 19.4. The summed E-state index contributed by atoms with van der Waals surface area (Å²) in [4.78, 5) is 5.11. The molecule has 1 aromatic rings. The van der Waals surface area contributed by atoms with Crippen molar-refractivity contribution in [2.24, 2.45) is 0 Å². The van der Waals surface area contributed by atoms with E-state index >= 15 is 0 Å². The molecule has 16 heteroatoms. The fourth-order valence-electron chi connectivity index (χ4n) is 1.17. The van der Waals surface area contributed by atoms with E-state index in [0.29, 0.717) is 0 Å². The van der Waals surface area contributed by atoms with Crippen LogP contribution in [0.4, 0.5) is 52.7 Å².